The van der Waals surface area contributed by atoms with Gasteiger partial charge in [0, 0.05) is 37.8 Å². The van der Waals surface area contributed by atoms with Crippen molar-refractivity contribution in [2.24, 2.45) is 10.9 Å². The highest BCUT2D eigenvalue weighted by molar-refractivity contribution is 14.0. The Bertz CT molecular complexity index is 521. The van der Waals surface area contributed by atoms with Crippen LogP contribution in [0.3, 0.4) is 0 Å². The first-order valence-electron chi connectivity index (χ1n) is 11.1. The van der Waals surface area contributed by atoms with Gasteiger partial charge in [-0.25, -0.2) is 4.79 Å². The average molecular weight is 524 g/mol. The summed E-state index contributed by atoms with van der Waals surface area (Å²) in [7, 11) is 0. The van der Waals surface area contributed by atoms with E-state index in [2.05, 4.69) is 43.2 Å². The van der Waals surface area contributed by atoms with Gasteiger partial charge in [-0.15, -0.1) is 24.0 Å². The molecule has 0 saturated carbocycles. The third kappa shape index (κ3) is 8.47. The van der Waals surface area contributed by atoms with Crippen molar-refractivity contribution in [2.45, 2.75) is 71.9 Å². The van der Waals surface area contributed by atoms with E-state index in [0.717, 1.165) is 50.9 Å². The van der Waals surface area contributed by atoms with Crippen molar-refractivity contribution >= 4 is 36.0 Å². The van der Waals surface area contributed by atoms with Crippen LogP contribution in [0.1, 0.15) is 60.3 Å². The minimum atomic E-state index is -0.195. The molecule has 1 amide bonds. The van der Waals surface area contributed by atoms with Gasteiger partial charge in [0.05, 0.1) is 13.2 Å². The molecule has 1 unspecified atom stereocenters. The molecule has 0 bridgehead atoms. The van der Waals surface area contributed by atoms with Gasteiger partial charge in [-0.05, 0) is 65.8 Å². The molecule has 2 aliphatic heterocycles. The van der Waals surface area contributed by atoms with Crippen LogP contribution in [0.15, 0.2) is 4.99 Å². The van der Waals surface area contributed by atoms with Crippen LogP contribution in [0.2, 0.25) is 0 Å². The lowest BCUT2D eigenvalue weighted by molar-refractivity contribution is 0.0774. The molecule has 8 heteroatoms. The number of piperidine rings is 2. The van der Waals surface area contributed by atoms with Crippen molar-refractivity contribution in [3.63, 3.8) is 0 Å². The summed E-state index contributed by atoms with van der Waals surface area (Å²) in [5.74, 6) is 1.66. The summed E-state index contributed by atoms with van der Waals surface area (Å²) in [5.41, 5.74) is 0.0598. The lowest BCUT2D eigenvalue weighted by Gasteiger charge is -2.42. The highest BCUT2D eigenvalue weighted by Crippen LogP contribution is 2.24. The number of halogens is 1. The number of nitrogens with zero attached hydrogens (tertiary/aromatic N) is 3. The van der Waals surface area contributed by atoms with E-state index in [0.29, 0.717) is 12.6 Å². The monoisotopic (exact) mass is 523 g/mol. The molecule has 0 radical (unpaired) electrons. The third-order valence-corrected chi connectivity index (χ3v) is 5.84. The molecule has 170 valence electrons. The second kappa shape index (κ2) is 12.8. The maximum atomic E-state index is 11.9. The summed E-state index contributed by atoms with van der Waals surface area (Å²) < 4.78 is 5.10. The average Bonchev–Trinajstić information content (AvgIpc) is 2.67. The maximum absolute atomic E-state index is 11.9. The third-order valence-electron chi connectivity index (χ3n) is 5.84. The van der Waals surface area contributed by atoms with E-state index in [1.807, 2.05) is 6.92 Å². The number of carbonyl (C=O) groups is 1. The predicted molar refractivity (Wildman–Crippen MR) is 130 cm³/mol. The van der Waals surface area contributed by atoms with Crippen LogP contribution in [0.4, 0.5) is 4.79 Å². The van der Waals surface area contributed by atoms with Crippen LogP contribution in [0, 0.1) is 5.92 Å². The topological polar surface area (TPSA) is 69.2 Å². The molecule has 0 aromatic heterocycles. The fourth-order valence-corrected chi connectivity index (χ4v) is 4.05. The van der Waals surface area contributed by atoms with Gasteiger partial charge < -0.3 is 20.3 Å². The molecule has 2 aliphatic rings. The number of hydrogen-bond donors (Lipinski definition) is 2. The molecule has 0 aliphatic carbocycles. The largest absolute Gasteiger partial charge is 0.450 e. The molecule has 2 saturated heterocycles. The minimum Gasteiger partial charge on any atom is -0.450 e. The van der Waals surface area contributed by atoms with Crippen molar-refractivity contribution in [2.75, 3.05) is 45.9 Å². The number of amides is 1. The fraction of sp³-hybridized carbons (Fsp3) is 0.905. The van der Waals surface area contributed by atoms with Gasteiger partial charge in [-0.1, -0.05) is 6.92 Å². The maximum Gasteiger partial charge on any atom is 0.409 e. The Morgan fingerprint density at radius 3 is 2.45 bits per heavy atom. The lowest BCUT2D eigenvalue weighted by atomic mass is 9.94. The quantitative estimate of drug-likeness (QED) is 0.318. The number of ether oxygens (including phenoxy) is 1. The normalized spacial score (nSPS) is 22.0. The second-order valence-corrected chi connectivity index (χ2v) is 8.81. The summed E-state index contributed by atoms with van der Waals surface area (Å²) >= 11 is 0. The number of guanidine groups is 1. The molecule has 2 rings (SSSR count). The first-order chi connectivity index (χ1) is 13.4. The Morgan fingerprint density at radius 2 is 1.86 bits per heavy atom. The van der Waals surface area contributed by atoms with E-state index in [-0.39, 0.29) is 35.6 Å². The van der Waals surface area contributed by atoms with Crippen LogP contribution in [-0.2, 0) is 4.74 Å². The fourth-order valence-electron chi connectivity index (χ4n) is 4.05. The van der Waals surface area contributed by atoms with E-state index in [1.54, 1.807) is 4.90 Å². The minimum absolute atomic E-state index is 0. The van der Waals surface area contributed by atoms with E-state index < -0.39 is 0 Å². The summed E-state index contributed by atoms with van der Waals surface area (Å²) in [4.78, 5) is 21.2. The number of likely N-dealkylation sites (tertiary alicyclic amines) is 2. The zero-order valence-electron chi connectivity index (χ0n) is 19.0. The molecule has 0 spiro atoms. The molecule has 29 heavy (non-hydrogen) atoms. The molecule has 2 N–H and O–H groups in total. The summed E-state index contributed by atoms with van der Waals surface area (Å²) in [6.07, 6.45) is 4.25. The van der Waals surface area contributed by atoms with Crippen molar-refractivity contribution < 1.29 is 9.53 Å². The van der Waals surface area contributed by atoms with Crippen LogP contribution in [-0.4, -0.2) is 79.3 Å². The molecule has 0 aromatic carbocycles. The molecule has 2 heterocycles. The van der Waals surface area contributed by atoms with Crippen LogP contribution in [0.5, 0.6) is 0 Å². The van der Waals surface area contributed by atoms with Gasteiger partial charge in [0.1, 0.15) is 0 Å². The zero-order chi connectivity index (χ0) is 20.6. The summed E-state index contributed by atoms with van der Waals surface area (Å²) in [6, 6.07) is 0.335. The number of hydrogen-bond acceptors (Lipinski definition) is 4. The van der Waals surface area contributed by atoms with Gasteiger partial charge in [0.15, 0.2) is 5.96 Å². The first kappa shape index (κ1) is 26.3. The predicted octanol–water partition coefficient (Wildman–Crippen LogP) is 3.29. The number of rotatable bonds is 6. The van der Waals surface area contributed by atoms with Gasteiger partial charge in [-0.2, -0.15) is 0 Å². The highest BCUT2D eigenvalue weighted by Gasteiger charge is 2.30. The van der Waals surface area contributed by atoms with Crippen LogP contribution >= 0.6 is 24.0 Å². The molecule has 7 nitrogen and oxygen atoms in total. The van der Waals surface area contributed by atoms with Gasteiger partial charge >= 0.3 is 6.09 Å². The van der Waals surface area contributed by atoms with Crippen LogP contribution < -0.4 is 10.6 Å². The molecular weight excluding hydrogens is 481 g/mol. The smallest absolute Gasteiger partial charge is 0.409 e. The lowest BCUT2D eigenvalue weighted by Crippen LogP contribution is -2.52. The Labute approximate surface area is 194 Å². The van der Waals surface area contributed by atoms with E-state index >= 15 is 0 Å². The summed E-state index contributed by atoms with van der Waals surface area (Å²) in [6.45, 7) is 16.7. The Kier molecular flexibility index (Phi) is 11.6. The van der Waals surface area contributed by atoms with E-state index in [9.17, 15) is 4.79 Å². The van der Waals surface area contributed by atoms with Gasteiger partial charge in [-0.3, -0.25) is 9.89 Å². The van der Waals surface area contributed by atoms with Crippen LogP contribution in [0.25, 0.3) is 0 Å². The van der Waals surface area contributed by atoms with Crippen molar-refractivity contribution in [1.82, 2.24) is 20.4 Å². The van der Waals surface area contributed by atoms with Crippen molar-refractivity contribution in [3.05, 3.63) is 0 Å². The van der Waals surface area contributed by atoms with Gasteiger partial charge in [0.25, 0.3) is 0 Å². The number of nitrogens with one attached hydrogen (secondary N) is 2. The van der Waals surface area contributed by atoms with Crippen molar-refractivity contribution in [3.8, 4) is 0 Å². The first-order valence-corrected chi connectivity index (χ1v) is 11.1. The van der Waals surface area contributed by atoms with E-state index in [4.69, 9.17) is 9.73 Å². The molecular formula is C21H42IN5O2. The number of aliphatic imine (C=N–C) groups is 1. The Morgan fingerprint density at radius 1 is 1.17 bits per heavy atom. The van der Waals surface area contributed by atoms with E-state index in [1.165, 1.54) is 25.9 Å². The molecule has 2 fully saturated rings. The number of carbonyl (C=O) groups excluding carboxylic acids is 1. The standard InChI is InChI=1S/C21H41N5O2.HI/c1-6-22-19(23-16-21(4,5)26-12-8-9-17(3)15-26)24-18-10-13-25(14-11-18)20(27)28-7-2;/h17-18H,6-16H2,1-5H3,(H2,22,23,24);1H. The SMILES string of the molecule is CCNC(=NCC(C)(C)N1CCCC(C)C1)NC1CCN(C(=O)OCC)CC1.I. The molecule has 1 atom stereocenters. The van der Waals surface area contributed by atoms with Crippen molar-refractivity contribution in [1.29, 1.82) is 0 Å². The Hall–Kier alpha value is -0.770. The molecule has 0 aromatic rings. The second-order valence-electron chi connectivity index (χ2n) is 8.81. The Balaban J connectivity index is 0.00000420. The van der Waals surface area contributed by atoms with Gasteiger partial charge in [0.2, 0.25) is 0 Å². The summed E-state index contributed by atoms with van der Waals surface area (Å²) in [5, 5.41) is 6.96. The highest BCUT2D eigenvalue weighted by atomic mass is 127. The zero-order valence-corrected chi connectivity index (χ0v) is 21.3.